The average molecular weight is 431 g/mol. The summed E-state index contributed by atoms with van der Waals surface area (Å²) in [5, 5.41) is 12.6. The van der Waals surface area contributed by atoms with E-state index in [2.05, 4.69) is 34.0 Å². The van der Waals surface area contributed by atoms with Gasteiger partial charge in [0.1, 0.15) is 0 Å². The molecule has 5 heteroatoms. The predicted octanol–water partition coefficient (Wildman–Crippen LogP) is 4.38. The Morgan fingerprint density at radius 3 is 2.29 bits per heavy atom. The lowest BCUT2D eigenvalue weighted by molar-refractivity contribution is 0.183. The van der Waals surface area contributed by atoms with Crippen LogP contribution in [0.15, 0.2) is 54.6 Å². The van der Waals surface area contributed by atoms with E-state index in [0.717, 1.165) is 14.8 Å². The first-order valence-electron chi connectivity index (χ1n) is 7.91. The minimum Gasteiger partial charge on any atom is -0.324 e. The Morgan fingerprint density at radius 1 is 1.08 bits per heavy atom. The molecule has 1 heterocycles. The number of nitrogens with zero attached hydrogens (tertiary/aromatic N) is 2. The standard InChI is InChI=1S/C19H18IN3O/c20-16-6-8-17(9-7-16)22-18(24)23-12-10-19(14-21,11-13-23)15-4-2-1-3-5-15/h1-9H,10-13H2,(H,22,24). The summed E-state index contributed by atoms with van der Waals surface area (Å²) in [4.78, 5) is 14.2. The van der Waals surface area contributed by atoms with Crippen LogP contribution in [0.1, 0.15) is 18.4 Å². The monoisotopic (exact) mass is 431 g/mol. The van der Waals surface area contributed by atoms with E-state index < -0.39 is 5.41 Å². The Morgan fingerprint density at radius 2 is 1.71 bits per heavy atom. The second-order valence-electron chi connectivity index (χ2n) is 5.98. The maximum absolute atomic E-state index is 12.4. The number of carbonyl (C=O) groups is 1. The van der Waals surface area contributed by atoms with Crippen LogP contribution in [0, 0.1) is 14.9 Å². The van der Waals surface area contributed by atoms with Crippen molar-refractivity contribution in [1.82, 2.24) is 4.90 Å². The molecule has 1 saturated heterocycles. The number of halogens is 1. The zero-order chi connectivity index (χ0) is 17.0. The maximum Gasteiger partial charge on any atom is 0.321 e. The molecular weight excluding hydrogens is 413 g/mol. The maximum atomic E-state index is 12.4. The first-order chi connectivity index (χ1) is 11.6. The highest BCUT2D eigenvalue weighted by atomic mass is 127. The van der Waals surface area contributed by atoms with Gasteiger partial charge in [0.2, 0.25) is 0 Å². The summed E-state index contributed by atoms with van der Waals surface area (Å²) in [5.74, 6) is 0. The third-order valence-electron chi connectivity index (χ3n) is 4.54. The lowest BCUT2D eigenvalue weighted by Gasteiger charge is -2.37. The zero-order valence-corrected chi connectivity index (χ0v) is 15.4. The van der Waals surface area contributed by atoms with Crippen LogP contribution < -0.4 is 5.32 Å². The van der Waals surface area contributed by atoms with Gasteiger partial charge >= 0.3 is 6.03 Å². The van der Waals surface area contributed by atoms with Gasteiger partial charge in [-0.2, -0.15) is 5.26 Å². The molecule has 0 unspecified atom stereocenters. The summed E-state index contributed by atoms with van der Waals surface area (Å²) >= 11 is 2.23. The van der Waals surface area contributed by atoms with Gasteiger partial charge in [0.05, 0.1) is 11.5 Å². The lowest BCUT2D eigenvalue weighted by Crippen LogP contribution is -2.46. The molecule has 2 amide bonds. The molecule has 0 saturated carbocycles. The van der Waals surface area contributed by atoms with Crippen molar-refractivity contribution in [3.05, 3.63) is 63.7 Å². The fourth-order valence-electron chi connectivity index (χ4n) is 3.05. The number of nitrogens with one attached hydrogen (secondary N) is 1. The van der Waals surface area contributed by atoms with E-state index in [1.165, 1.54) is 0 Å². The molecule has 4 nitrogen and oxygen atoms in total. The molecule has 1 fully saturated rings. The second kappa shape index (κ2) is 7.22. The highest BCUT2D eigenvalue weighted by Crippen LogP contribution is 2.35. The molecule has 0 atom stereocenters. The Hall–Kier alpha value is -2.07. The molecule has 0 bridgehead atoms. The first kappa shape index (κ1) is 16.8. The number of hydrogen-bond donors (Lipinski definition) is 1. The second-order valence-corrected chi connectivity index (χ2v) is 7.23. The van der Waals surface area contributed by atoms with E-state index in [9.17, 15) is 10.1 Å². The van der Waals surface area contributed by atoms with Crippen molar-refractivity contribution < 1.29 is 4.79 Å². The lowest BCUT2D eigenvalue weighted by atomic mass is 9.74. The largest absolute Gasteiger partial charge is 0.324 e. The Balaban J connectivity index is 1.65. The van der Waals surface area contributed by atoms with Gasteiger partial charge in [-0.05, 0) is 65.3 Å². The average Bonchev–Trinajstić information content (AvgIpc) is 2.64. The molecule has 0 aliphatic carbocycles. The van der Waals surface area contributed by atoms with Gasteiger partial charge in [-0.3, -0.25) is 0 Å². The van der Waals surface area contributed by atoms with Crippen molar-refractivity contribution >= 4 is 34.3 Å². The smallest absolute Gasteiger partial charge is 0.321 e. The topological polar surface area (TPSA) is 56.1 Å². The molecule has 2 aromatic carbocycles. The van der Waals surface area contributed by atoms with Gasteiger partial charge in [-0.1, -0.05) is 30.3 Å². The quantitative estimate of drug-likeness (QED) is 0.718. The van der Waals surface area contributed by atoms with Crippen molar-refractivity contribution in [1.29, 1.82) is 5.26 Å². The summed E-state index contributed by atoms with van der Waals surface area (Å²) in [5.41, 5.74) is 1.35. The van der Waals surface area contributed by atoms with Gasteiger partial charge < -0.3 is 10.2 Å². The van der Waals surface area contributed by atoms with Crippen LogP contribution in [0.3, 0.4) is 0 Å². The van der Waals surface area contributed by atoms with Crippen LogP contribution in [0.4, 0.5) is 10.5 Å². The number of carbonyl (C=O) groups excluding carboxylic acids is 1. The molecule has 122 valence electrons. The predicted molar refractivity (Wildman–Crippen MR) is 103 cm³/mol. The number of likely N-dealkylation sites (tertiary alicyclic amines) is 1. The van der Waals surface area contributed by atoms with Crippen LogP contribution in [0.25, 0.3) is 0 Å². The van der Waals surface area contributed by atoms with E-state index >= 15 is 0 Å². The number of benzene rings is 2. The van der Waals surface area contributed by atoms with Crippen LogP contribution in [0.5, 0.6) is 0 Å². The molecule has 1 aliphatic heterocycles. The van der Waals surface area contributed by atoms with Crippen LogP contribution >= 0.6 is 22.6 Å². The Bertz CT molecular complexity index is 744. The molecule has 0 spiro atoms. The van der Waals surface area contributed by atoms with Crippen molar-refractivity contribution in [2.75, 3.05) is 18.4 Å². The fourth-order valence-corrected chi connectivity index (χ4v) is 3.41. The van der Waals surface area contributed by atoms with E-state index in [0.29, 0.717) is 25.9 Å². The Labute approximate surface area is 155 Å². The molecule has 1 N–H and O–H groups in total. The van der Waals surface area contributed by atoms with Crippen molar-refractivity contribution in [3.63, 3.8) is 0 Å². The highest BCUT2D eigenvalue weighted by Gasteiger charge is 2.37. The number of nitriles is 1. The van der Waals surface area contributed by atoms with Crippen LogP contribution in [-0.2, 0) is 5.41 Å². The van der Waals surface area contributed by atoms with E-state index in [4.69, 9.17) is 0 Å². The molecule has 2 aromatic rings. The van der Waals surface area contributed by atoms with Crippen LogP contribution in [-0.4, -0.2) is 24.0 Å². The summed E-state index contributed by atoms with van der Waals surface area (Å²) in [6.45, 7) is 1.16. The summed E-state index contributed by atoms with van der Waals surface area (Å²) in [6.07, 6.45) is 1.32. The van der Waals surface area contributed by atoms with Gasteiger partial charge in [0.25, 0.3) is 0 Å². The van der Waals surface area contributed by atoms with Gasteiger partial charge in [-0.25, -0.2) is 4.79 Å². The highest BCUT2D eigenvalue weighted by molar-refractivity contribution is 14.1. The zero-order valence-electron chi connectivity index (χ0n) is 13.2. The summed E-state index contributed by atoms with van der Waals surface area (Å²) < 4.78 is 1.13. The fraction of sp³-hybridized carbons (Fsp3) is 0.263. The van der Waals surface area contributed by atoms with E-state index in [-0.39, 0.29) is 6.03 Å². The number of rotatable bonds is 2. The third-order valence-corrected chi connectivity index (χ3v) is 5.26. The number of urea groups is 1. The molecule has 24 heavy (non-hydrogen) atoms. The number of hydrogen-bond acceptors (Lipinski definition) is 2. The molecular formula is C19H18IN3O. The SMILES string of the molecule is N#CC1(c2ccccc2)CCN(C(=O)Nc2ccc(I)cc2)CC1. The number of anilines is 1. The van der Waals surface area contributed by atoms with E-state index in [1.807, 2.05) is 54.6 Å². The van der Waals surface area contributed by atoms with Crippen molar-refractivity contribution in [2.24, 2.45) is 0 Å². The molecule has 0 aromatic heterocycles. The number of amides is 2. The number of piperidine rings is 1. The molecule has 0 radical (unpaired) electrons. The molecule has 3 rings (SSSR count). The van der Waals surface area contributed by atoms with Gasteiger partial charge in [-0.15, -0.1) is 0 Å². The normalized spacial score (nSPS) is 16.2. The summed E-state index contributed by atoms with van der Waals surface area (Å²) in [6, 6.07) is 20.0. The summed E-state index contributed by atoms with van der Waals surface area (Å²) in [7, 11) is 0. The van der Waals surface area contributed by atoms with E-state index in [1.54, 1.807) is 4.90 Å². The Kier molecular flexibility index (Phi) is 5.05. The van der Waals surface area contributed by atoms with Gasteiger partial charge in [0, 0.05) is 22.3 Å². The first-order valence-corrected chi connectivity index (χ1v) is 8.99. The van der Waals surface area contributed by atoms with Gasteiger partial charge in [0.15, 0.2) is 0 Å². The van der Waals surface area contributed by atoms with Crippen molar-refractivity contribution in [2.45, 2.75) is 18.3 Å². The minimum absolute atomic E-state index is 0.101. The molecule has 1 aliphatic rings. The third kappa shape index (κ3) is 3.54. The van der Waals surface area contributed by atoms with Crippen molar-refractivity contribution in [3.8, 4) is 6.07 Å². The minimum atomic E-state index is -0.485. The van der Waals surface area contributed by atoms with Crippen LogP contribution in [0.2, 0.25) is 0 Å².